The van der Waals surface area contributed by atoms with E-state index in [4.69, 9.17) is 0 Å². The lowest BCUT2D eigenvalue weighted by molar-refractivity contribution is 0.459. The number of halogens is 1. The van der Waals surface area contributed by atoms with Gasteiger partial charge in [0.15, 0.2) is 5.82 Å². The fourth-order valence-corrected chi connectivity index (χ4v) is 5.20. The highest BCUT2D eigenvalue weighted by molar-refractivity contribution is 7.18. The Kier molecular flexibility index (Phi) is 3.98. The van der Waals surface area contributed by atoms with Gasteiger partial charge in [0, 0.05) is 24.5 Å². The minimum absolute atomic E-state index is 0.233. The minimum Gasteiger partial charge on any atom is -0.317 e. The summed E-state index contributed by atoms with van der Waals surface area (Å²) in [6, 6.07) is 7.87. The van der Waals surface area contributed by atoms with E-state index in [2.05, 4.69) is 40.5 Å². The second-order valence-electron chi connectivity index (χ2n) is 7.41. The van der Waals surface area contributed by atoms with Crippen molar-refractivity contribution in [2.24, 2.45) is 7.05 Å². The monoisotopic (exact) mass is 380 g/mol. The molecule has 0 radical (unpaired) electrons. The van der Waals surface area contributed by atoms with Gasteiger partial charge < -0.3 is 5.32 Å². The first-order chi connectivity index (χ1) is 13.1. The number of nitrogens with one attached hydrogen (secondary N) is 1. The van der Waals surface area contributed by atoms with Crippen LogP contribution in [0.15, 0.2) is 30.5 Å². The van der Waals surface area contributed by atoms with Gasteiger partial charge in [-0.2, -0.15) is 5.10 Å². The summed E-state index contributed by atoms with van der Waals surface area (Å²) < 4.78 is 17.6. The van der Waals surface area contributed by atoms with E-state index in [0.717, 1.165) is 63.2 Å². The van der Waals surface area contributed by atoms with Gasteiger partial charge in [-0.3, -0.25) is 4.68 Å². The van der Waals surface area contributed by atoms with Crippen LogP contribution in [0.5, 0.6) is 0 Å². The van der Waals surface area contributed by atoms with Crippen molar-refractivity contribution >= 4 is 32.5 Å². The number of aryl methyl sites for hydroxylation is 2. The van der Waals surface area contributed by atoms with E-state index in [1.807, 2.05) is 17.9 Å². The van der Waals surface area contributed by atoms with Crippen LogP contribution in [0.3, 0.4) is 0 Å². The molecular formula is C21H21FN4S. The van der Waals surface area contributed by atoms with E-state index in [1.165, 1.54) is 0 Å². The molecule has 1 saturated heterocycles. The minimum atomic E-state index is -0.233. The van der Waals surface area contributed by atoms with Gasteiger partial charge in [0.25, 0.3) is 0 Å². The number of fused-ring (bicyclic) bond motifs is 2. The van der Waals surface area contributed by atoms with Crippen LogP contribution in [0, 0.1) is 12.7 Å². The van der Waals surface area contributed by atoms with Crippen molar-refractivity contribution in [3.05, 3.63) is 46.9 Å². The Morgan fingerprint density at radius 2 is 1.89 bits per heavy atom. The lowest BCUT2D eigenvalue weighted by atomic mass is 9.99. The maximum absolute atomic E-state index is 14.8. The van der Waals surface area contributed by atoms with Gasteiger partial charge in [0.05, 0.1) is 15.2 Å². The van der Waals surface area contributed by atoms with Gasteiger partial charge in [-0.05, 0) is 73.8 Å². The highest BCUT2D eigenvalue weighted by atomic mass is 32.1. The van der Waals surface area contributed by atoms with Crippen LogP contribution in [0.2, 0.25) is 0 Å². The van der Waals surface area contributed by atoms with Crippen molar-refractivity contribution in [3.8, 4) is 11.1 Å². The third-order valence-corrected chi connectivity index (χ3v) is 6.57. The molecule has 6 heteroatoms. The van der Waals surface area contributed by atoms with Crippen molar-refractivity contribution in [2.45, 2.75) is 25.7 Å². The average molecular weight is 380 g/mol. The Bertz CT molecular complexity index is 1150. The maximum atomic E-state index is 14.8. The Morgan fingerprint density at radius 3 is 2.70 bits per heavy atom. The van der Waals surface area contributed by atoms with E-state index in [9.17, 15) is 4.39 Å². The third-order valence-electron chi connectivity index (χ3n) is 5.40. The second-order valence-corrected chi connectivity index (χ2v) is 8.48. The first-order valence-corrected chi connectivity index (χ1v) is 10.2. The zero-order chi connectivity index (χ0) is 18.5. The van der Waals surface area contributed by atoms with Gasteiger partial charge >= 0.3 is 0 Å². The summed E-state index contributed by atoms with van der Waals surface area (Å²) >= 11 is 1.64. The maximum Gasteiger partial charge on any atom is 0.150 e. The molecule has 27 heavy (non-hydrogen) atoms. The van der Waals surface area contributed by atoms with E-state index in [0.29, 0.717) is 11.4 Å². The largest absolute Gasteiger partial charge is 0.317 e. The zero-order valence-electron chi connectivity index (χ0n) is 15.4. The molecule has 1 N–H and O–H groups in total. The summed E-state index contributed by atoms with van der Waals surface area (Å²) in [5.74, 6) is 0.211. The molecule has 0 saturated carbocycles. The number of hydrogen-bond acceptors (Lipinski definition) is 4. The number of piperidine rings is 1. The molecule has 4 aromatic rings. The predicted octanol–water partition coefficient (Wildman–Crippen LogP) is 4.76. The number of benzene rings is 2. The third kappa shape index (κ3) is 2.93. The van der Waals surface area contributed by atoms with Crippen LogP contribution in [0.25, 0.3) is 32.2 Å². The molecule has 0 atom stereocenters. The van der Waals surface area contributed by atoms with Gasteiger partial charge in [0.2, 0.25) is 0 Å². The molecule has 5 rings (SSSR count). The summed E-state index contributed by atoms with van der Waals surface area (Å²) in [6.07, 6.45) is 4.15. The summed E-state index contributed by atoms with van der Waals surface area (Å²) in [6.45, 7) is 4.08. The molecule has 0 aliphatic carbocycles. The number of aromatic nitrogens is 3. The van der Waals surface area contributed by atoms with Crippen LogP contribution in [0.4, 0.5) is 4.39 Å². The molecule has 1 aliphatic rings. The summed E-state index contributed by atoms with van der Waals surface area (Å²) in [5, 5.41) is 10.0. The van der Waals surface area contributed by atoms with E-state index >= 15 is 0 Å². The van der Waals surface area contributed by atoms with Crippen molar-refractivity contribution in [1.29, 1.82) is 0 Å². The fraction of sp³-hybridized carbons (Fsp3) is 0.333. The van der Waals surface area contributed by atoms with Crippen molar-refractivity contribution < 1.29 is 4.39 Å². The molecule has 1 fully saturated rings. The van der Waals surface area contributed by atoms with Crippen LogP contribution >= 0.6 is 11.3 Å². The van der Waals surface area contributed by atoms with Crippen molar-refractivity contribution in [3.63, 3.8) is 0 Å². The fourth-order valence-electron chi connectivity index (χ4n) is 4.01. The molecule has 3 heterocycles. The molecule has 138 valence electrons. The van der Waals surface area contributed by atoms with E-state index in [-0.39, 0.29) is 5.82 Å². The van der Waals surface area contributed by atoms with Crippen LogP contribution in [0.1, 0.15) is 29.3 Å². The van der Waals surface area contributed by atoms with E-state index < -0.39 is 0 Å². The molecule has 1 aliphatic heterocycles. The van der Waals surface area contributed by atoms with Crippen molar-refractivity contribution in [2.75, 3.05) is 13.1 Å². The van der Waals surface area contributed by atoms with Crippen LogP contribution < -0.4 is 5.32 Å². The molecular weight excluding hydrogens is 359 g/mol. The highest BCUT2D eigenvalue weighted by Crippen LogP contribution is 2.36. The van der Waals surface area contributed by atoms with E-state index in [1.54, 1.807) is 17.4 Å². The Hall–Kier alpha value is -2.31. The van der Waals surface area contributed by atoms with Crippen LogP contribution in [-0.2, 0) is 7.05 Å². The first kappa shape index (κ1) is 16.8. The SMILES string of the molecule is Cc1cc(-c2cc(F)c3nc(C4CCNCC4)sc3c2)cc2cn(C)nc12. The molecule has 0 bridgehead atoms. The van der Waals surface area contributed by atoms with Gasteiger partial charge in [-0.15, -0.1) is 11.3 Å². The normalized spacial score (nSPS) is 15.8. The van der Waals surface area contributed by atoms with Crippen LogP contribution in [-0.4, -0.2) is 27.9 Å². The average Bonchev–Trinajstić information content (AvgIpc) is 3.26. The molecule has 0 spiro atoms. The number of rotatable bonds is 2. The summed E-state index contributed by atoms with van der Waals surface area (Å²) in [4.78, 5) is 4.64. The lowest BCUT2D eigenvalue weighted by Gasteiger charge is -2.20. The second kappa shape index (κ2) is 6.39. The first-order valence-electron chi connectivity index (χ1n) is 9.33. The molecule has 2 aromatic heterocycles. The quantitative estimate of drug-likeness (QED) is 0.545. The Balaban J connectivity index is 1.61. The topological polar surface area (TPSA) is 42.7 Å². The molecule has 0 amide bonds. The molecule has 0 unspecified atom stereocenters. The van der Waals surface area contributed by atoms with Crippen molar-refractivity contribution in [1.82, 2.24) is 20.1 Å². The standard InChI is InChI=1S/C21H21FN4S/c1-12-7-14(8-16-11-26(2)25-19(12)16)15-9-17(22)20-18(10-15)27-21(24-20)13-3-5-23-6-4-13/h7-11,13,23H,3-6H2,1-2H3. The molecule has 4 nitrogen and oxygen atoms in total. The summed E-state index contributed by atoms with van der Waals surface area (Å²) in [5.41, 5.74) is 4.52. The number of nitrogens with zero attached hydrogens (tertiary/aromatic N) is 3. The predicted molar refractivity (Wildman–Crippen MR) is 109 cm³/mol. The van der Waals surface area contributed by atoms with Gasteiger partial charge in [-0.1, -0.05) is 0 Å². The Morgan fingerprint density at radius 1 is 1.11 bits per heavy atom. The zero-order valence-corrected chi connectivity index (χ0v) is 16.2. The molecule has 2 aromatic carbocycles. The Labute approximate surface area is 161 Å². The van der Waals surface area contributed by atoms with Gasteiger partial charge in [0.1, 0.15) is 5.52 Å². The summed E-state index contributed by atoms with van der Waals surface area (Å²) in [7, 11) is 1.92. The number of thiazole rings is 1. The lowest BCUT2D eigenvalue weighted by Crippen LogP contribution is -2.26. The highest BCUT2D eigenvalue weighted by Gasteiger charge is 2.21. The smallest absolute Gasteiger partial charge is 0.150 e. The number of hydrogen-bond donors (Lipinski definition) is 1. The van der Waals surface area contributed by atoms with Gasteiger partial charge in [-0.25, -0.2) is 9.37 Å².